The lowest BCUT2D eigenvalue weighted by molar-refractivity contribution is -0.129. The van der Waals surface area contributed by atoms with E-state index in [9.17, 15) is 9.59 Å². The summed E-state index contributed by atoms with van der Waals surface area (Å²) in [6.45, 7) is 0.422. The molecular formula is C32H28N4O3. The number of rotatable bonds is 8. The Morgan fingerprint density at radius 1 is 0.872 bits per heavy atom. The van der Waals surface area contributed by atoms with Crippen molar-refractivity contribution >= 4 is 22.6 Å². The molecule has 7 nitrogen and oxygen atoms in total. The molecule has 0 bridgehead atoms. The number of H-pyrrole nitrogens is 1. The van der Waals surface area contributed by atoms with Crippen LogP contribution >= 0.6 is 0 Å². The Bertz CT molecular complexity index is 1580. The number of para-hydroxylation sites is 2. The molecule has 1 aliphatic heterocycles. The molecule has 2 amide bonds. The molecular weight excluding hydrogens is 488 g/mol. The fraction of sp³-hybridized carbons (Fsp3) is 0.156. The van der Waals surface area contributed by atoms with Gasteiger partial charge in [0.15, 0.2) is 0 Å². The van der Waals surface area contributed by atoms with Crippen molar-refractivity contribution in [2.24, 2.45) is 0 Å². The van der Waals surface area contributed by atoms with E-state index in [2.05, 4.69) is 20.6 Å². The van der Waals surface area contributed by atoms with E-state index in [0.717, 1.165) is 33.2 Å². The highest BCUT2D eigenvalue weighted by Crippen LogP contribution is 2.44. The summed E-state index contributed by atoms with van der Waals surface area (Å²) in [6.07, 6.45) is 4.32. The van der Waals surface area contributed by atoms with Crippen LogP contribution in [0.3, 0.4) is 0 Å². The predicted molar refractivity (Wildman–Crippen MR) is 150 cm³/mol. The van der Waals surface area contributed by atoms with Crippen LogP contribution in [-0.4, -0.2) is 34.4 Å². The molecule has 0 saturated heterocycles. The van der Waals surface area contributed by atoms with Gasteiger partial charge in [-0.2, -0.15) is 0 Å². The number of hydrogen-bond acceptors (Lipinski definition) is 4. The monoisotopic (exact) mass is 516 g/mol. The Morgan fingerprint density at radius 3 is 2.31 bits per heavy atom. The summed E-state index contributed by atoms with van der Waals surface area (Å²) in [6, 6.07) is 28.4. The zero-order valence-electron chi connectivity index (χ0n) is 21.3. The van der Waals surface area contributed by atoms with Crippen LogP contribution in [0.1, 0.15) is 28.3 Å². The SMILES string of the molecule is O=C(NCCc1cnc[nH]1)C(Cc1cccc2ccccc12)NC(=O)C1c2ccccc2Oc2ccccc21. The summed E-state index contributed by atoms with van der Waals surface area (Å²) >= 11 is 0. The van der Waals surface area contributed by atoms with Crippen molar-refractivity contribution in [3.8, 4) is 11.5 Å². The van der Waals surface area contributed by atoms with Gasteiger partial charge in [-0.1, -0.05) is 78.9 Å². The van der Waals surface area contributed by atoms with Crippen molar-refractivity contribution in [1.82, 2.24) is 20.6 Å². The van der Waals surface area contributed by atoms with Gasteiger partial charge in [-0.05, 0) is 28.5 Å². The average molecular weight is 517 g/mol. The molecule has 4 aromatic carbocycles. The Hall–Kier alpha value is -4.91. The number of benzene rings is 4. The highest BCUT2D eigenvalue weighted by molar-refractivity contribution is 5.94. The van der Waals surface area contributed by atoms with Gasteiger partial charge < -0.3 is 20.4 Å². The van der Waals surface area contributed by atoms with Crippen LogP contribution in [0.2, 0.25) is 0 Å². The minimum atomic E-state index is -0.771. The second kappa shape index (κ2) is 10.8. The summed E-state index contributed by atoms with van der Waals surface area (Å²) in [4.78, 5) is 34.6. The third-order valence-electron chi connectivity index (χ3n) is 7.13. The maximum Gasteiger partial charge on any atom is 0.242 e. The van der Waals surface area contributed by atoms with Gasteiger partial charge in [0.1, 0.15) is 17.5 Å². The van der Waals surface area contributed by atoms with Crippen LogP contribution in [0.25, 0.3) is 10.8 Å². The maximum absolute atomic E-state index is 14.0. The quantitative estimate of drug-likeness (QED) is 0.274. The molecule has 3 N–H and O–H groups in total. The maximum atomic E-state index is 14.0. The number of hydrogen-bond donors (Lipinski definition) is 3. The minimum absolute atomic E-state index is 0.232. The van der Waals surface area contributed by atoms with Gasteiger partial charge in [-0.3, -0.25) is 9.59 Å². The Balaban J connectivity index is 1.29. The van der Waals surface area contributed by atoms with Crippen LogP contribution in [0.15, 0.2) is 104 Å². The molecule has 0 aliphatic carbocycles. The van der Waals surface area contributed by atoms with Gasteiger partial charge >= 0.3 is 0 Å². The molecule has 0 radical (unpaired) electrons. The van der Waals surface area contributed by atoms with E-state index in [4.69, 9.17) is 4.74 Å². The Labute approximate surface area is 226 Å². The number of nitrogens with zero attached hydrogens (tertiary/aromatic N) is 1. The topological polar surface area (TPSA) is 96.1 Å². The first-order chi connectivity index (χ1) is 19.2. The molecule has 6 rings (SSSR count). The predicted octanol–water partition coefficient (Wildman–Crippen LogP) is 4.89. The van der Waals surface area contributed by atoms with Crippen LogP contribution < -0.4 is 15.4 Å². The second-order valence-corrected chi connectivity index (χ2v) is 9.63. The highest BCUT2D eigenvalue weighted by Gasteiger charge is 2.34. The molecule has 2 heterocycles. The standard InChI is InChI=1S/C32H28N4O3/c37-31(34-17-16-23-19-33-20-35-23)27(18-22-10-7-9-21-8-1-2-11-24(21)22)36-32(38)30-25-12-3-5-14-28(25)39-29-15-6-4-13-26(29)30/h1-15,19-20,27,30H,16-18H2,(H,33,35)(H,34,37)(H,36,38). The second-order valence-electron chi connectivity index (χ2n) is 9.63. The molecule has 7 heteroatoms. The molecule has 5 aromatic rings. The first-order valence-corrected chi connectivity index (χ1v) is 13.0. The van der Waals surface area contributed by atoms with Crippen LogP contribution in [0.5, 0.6) is 11.5 Å². The first-order valence-electron chi connectivity index (χ1n) is 13.0. The van der Waals surface area contributed by atoms with E-state index in [0.29, 0.717) is 30.9 Å². The van der Waals surface area contributed by atoms with Gasteiger partial charge in [-0.25, -0.2) is 4.98 Å². The molecule has 39 heavy (non-hydrogen) atoms. The number of nitrogens with one attached hydrogen (secondary N) is 3. The van der Waals surface area contributed by atoms with Gasteiger partial charge in [0, 0.05) is 42.4 Å². The third kappa shape index (κ3) is 5.11. The highest BCUT2D eigenvalue weighted by atomic mass is 16.5. The number of amides is 2. The largest absolute Gasteiger partial charge is 0.457 e. The molecule has 1 atom stereocenters. The van der Waals surface area contributed by atoms with E-state index in [1.165, 1.54) is 0 Å². The van der Waals surface area contributed by atoms with Crippen molar-refractivity contribution in [2.75, 3.05) is 6.54 Å². The zero-order chi connectivity index (χ0) is 26.6. The summed E-state index contributed by atoms with van der Waals surface area (Å²) < 4.78 is 6.08. The number of imidazole rings is 1. The molecule has 0 spiro atoms. The third-order valence-corrected chi connectivity index (χ3v) is 7.13. The Kier molecular flexibility index (Phi) is 6.78. The number of fused-ring (bicyclic) bond motifs is 3. The summed E-state index contributed by atoms with van der Waals surface area (Å²) in [5.41, 5.74) is 3.48. The smallest absolute Gasteiger partial charge is 0.242 e. The van der Waals surface area contributed by atoms with Gasteiger partial charge in [-0.15, -0.1) is 0 Å². The number of aromatic amines is 1. The number of aromatic nitrogens is 2. The van der Waals surface area contributed by atoms with E-state index >= 15 is 0 Å². The molecule has 1 aliphatic rings. The molecule has 0 saturated carbocycles. The van der Waals surface area contributed by atoms with Crippen molar-refractivity contribution in [1.29, 1.82) is 0 Å². The van der Waals surface area contributed by atoms with E-state index in [-0.39, 0.29) is 11.8 Å². The zero-order valence-corrected chi connectivity index (χ0v) is 21.3. The first kappa shape index (κ1) is 24.4. The van der Waals surface area contributed by atoms with E-state index in [1.807, 2.05) is 91.0 Å². The normalized spacial score (nSPS) is 13.1. The van der Waals surface area contributed by atoms with Gasteiger partial charge in [0.25, 0.3) is 0 Å². The van der Waals surface area contributed by atoms with Crippen molar-refractivity contribution in [2.45, 2.75) is 24.8 Å². The van der Waals surface area contributed by atoms with E-state index < -0.39 is 12.0 Å². The molecule has 1 aromatic heterocycles. The number of carbonyl (C=O) groups excluding carboxylic acids is 2. The van der Waals surface area contributed by atoms with Gasteiger partial charge in [0.2, 0.25) is 11.8 Å². The summed E-state index contributed by atoms with van der Waals surface area (Å²) in [5, 5.41) is 8.26. The lowest BCUT2D eigenvalue weighted by atomic mass is 9.87. The van der Waals surface area contributed by atoms with Crippen LogP contribution in [0.4, 0.5) is 0 Å². The van der Waals surface area contributed by atoms with Gasteiger partial charge in [0.05, 0.1) is 12.2 Å². The molecule has 194 valence electrons. The molecule has 0 fully saturated rings. The van der Waals surface area contributed by atoms with Crippen molar-refractivity contribution in [3.63, 3.8) is 0 Å². The fourth-order valence-corrected chi connectivity index (χ4v) is 5.21. The number of carbonyl (C=O) groups is 2. The van der Waals surface area contributed by atoms with Crippen LogP contribution in [0, 0.1) is 0 Å². The van der Waals surface area contributed by atoms with Crippen molar-refractivity contribution < 1.29 is 14.3 Å². The van der Waals surface area contributed by atoms with E-state index in [1.54, 1.807) is 12.5 Å². The number of ether oxygens (including phenoxy) is 1. The van der Waals surface area contributed by atoms with Crippen LogP contribution in [-0.2, 0) is 22.4 Å². The summed E-state index contributed by atoms with van der Waals surface area (Å²) in [5.74, 6) is 0.215. The minimum Gasteiger partial charge on any atom is -0.457 e. The fourth-order valence-electron chi connectivity index (χ4n) is 5.21. The van der Waals surface area contributed by atoms with Crippen molar-refractivity contribution in [3.05, 3.63) is 126 Å². The lowest BCUT2D eigenvalue weighted by Gasteiger charge is -2.29. The lowest BCUT2D eigenvalue weighted by Crippen LogP contribution is -2.50. The average Bonchev–Trinajstić information content (AvgIpc) is 3.49. The summed E-state index contributed by atoms with van der Waals surface area (Å²) in [7, 11) is 0. The molecule has 1 unspecified atom stereocenters. The Morgan fingerprint density at radius 2 is 1.56 bits per heavy atom.